The van der Waals surface area contributed by atoms with Gasteiger partial charge in [-0.05, 0) is 66.9 Å². The zero-order valence-electron chi connectivity index (χ0n) is 20.6. The predicted octanol–water partition coefficient (Wildman–Crippen LogP) is 4.77. The van der Waals surface area contributed by atoms with Gasteiger partial charge in [-0.3, -0.25) is 19.7 Å². The van der Waals surface area contributed by atoms with E-state index < -0.39 is 4.92 Å². The van der Waals surface area contributed by atoms with Crippen molar-refractivity contribution in [3.8, 4) is 5.75 Å². The summed E-state index contributed by atoms with van der Waals surface area (Å²) in [5.74, 6) is 0.187. The number of methoxy groups -OCH3 is 1. The lowest BCUT2D eigenvalue weighted by Crippen LogP contribution is -2.51. The Morgan fingerprint density at radius 1 is 1.03 bits per heavy atom. The van der Waals surface area contributed by atoms with Crippen LogP contribution in [0.15, 0.2) is 72.8 Å². The quantitative estimate of drug-likeness (QED) is 0.337. The minimum atomic E-state index is -0.512. The highest BCUT2D eigenvalue weighted by atomic mass is 16.6. The Kier molecular flexibility index (Phi) is 8.15. The second-order valence-electron chi connectivity index (χ2n) is 9.14. The average molecular weight is 503 g/mol. The highest BCUT2D eigenvalue weighted by Gasteiger charge is 2.31. The molecule has 1 saturated carbocycles. The highest BCUT2D eigenvalue weighted by Crippen LogP contribution is 2.27. The third-order valence-electron chi connectivity index (χ3n) is 6.66. The highest BCUT2D eigenvalue weighted by molar-refractivity contribution is 6.04. The van der Waals surface area contributed by atoms with E-state index in [1.54, 1.807) is 37.4 Å². The number of nitrogens with one attached hydrogen (secondary N) is 1. The first-order valence-electron chi connectivity index (χ1n) is 12.2. The van der Waals surface area contributed by atoms with E-state index in [1.165, 1.54) is 24.3 Å². The standard InChI is InChI=1S/C28H30N4O5/c1-37-24-15-11-21(12-16-24)28(34)31(26-8-3-2-7-25(26)29)18-19-5-4-6-22(17-19)30-27(33)20-9-13-23(14-10-20)32(35)36/h4-6,9-17,25-26H,2-3,7-8,18,29H2,1H3,(H,30,33). The van der Waals surface area contributed by atoms with Crippen molar-refractivity contribution in [3.63, 3.8) is 0 Å². The summed E-state index contributed by atoms with van der Waals surface area (Å²) in [5.41, 5.74) is 8.66. The molecule has 192 valence electrons. The minimum Gasteiger partial charge on any atom is -0.497 e. The van der Waals surface area contributed by atoms with Crippen LogP contribution in [0, 0.1) is 10.1 Å². The summed E-state index contributed by atoms with van der Waals surface area (Å²) in [7, 11) is 1.58. The number of benzene rings is 3. The van der Waals surface area contributed by atoms with Crippen molar-refractivity contribution in [1.29, 1.82) is 0 Å². The fourth-order valence-electron chi connectivity index (χ4n) is 4.65. The van der Waals surface area contributed by atoms with Gasteiger partial charge in [-0.2, -0.15) is 0 Å². The molecule has 37 heavy (non-hydrogen) atoms. The Hall–Kier alpha value is -4.24. The van der Waals surface area contributed by atoms with Crippen LogP contribution in [0.3, 0.4) is 0 Å². The van der Waals surface area contributed by atoms with Crippen molar-refractivity contribution in [2.75, 3.05) is 12.4 Å². The molecule has 1 aliphatic carbocycles. The largest absolute Gasteiger partial charge is 0.497 e. The summed E-state index contributed by atoms with van der Waals surface area (Å²) in [6.45, 7) is 0.338. The van der Waals surface area contributed by atoms with Crippen LogP contribution in [0.2, 0.25) is 0 Å². The second kappa shape index (κ2) is 11.7. The Bertz CT molecular complexity index is 1260. The van der Waals surface area contributed by atoms with Crippen molar-refractivity contribution >= 4 is 23.2 Å². The van der Waals surface area contributed by atoms with Gasteiger partial charge in [-0.15, -0.1) is 0 Å². The van der Waals surface area contributed by atoms with Crippen LogP contribution in [0.4, 0.5) is 11.4 Å². The normalized spacial score (nSPS) is 17.0. The first-order chi connectivity index (χ1) is 17.9. The smallest absolute Gasteiger partial charge is 0.269 e. The molecule has 1 fully saturated rings. The van der Waals surface area contributed by atoms with Gasteiger partial charge in [0, 0.05) is 47.6 Å². The van der Waals surface area contributed by atoms with Gasteiger partial charge in [-0.1, -0.05) is 25.0 Å². The molecule has 9 nitrogen and oxygen atoms in total. The molecular formula is C28H30N4O5. The zero-order chi connectivity index (χ0) is 26.4. The number of non-ortho nitro benzene ring substituents is 1. The number of amides is 2. The van der Waals surface area contributed by atoms with E-state index in [4.69, 9.17) is 10.5 Å². The third kappa shape index (κ3) is 6.31. The molecule has 3 aromatic carbocycles. The van der Waals surface area contributed by atoms with Crippen LogP contribution in [-0.2, 0) is 6.54 Å². The van der Waals surface area contributed by atoms with E-state index in [0.717, 1.165) is 31.2 Å². The van der Waals surface area contributed by atoms with Crippen LogP contribution in [0.25, 0.3) is 0 Å². The molecule has 0 aliphatic heterocycles. The average Bonchev–Trinajstić information content (AvgIpc) is 2.92. The van der Waals surface area contributed by atoms with Gasteiger partial charge in [0.05, 0.1) is 12.0 Å². The number of nitrogens with zero attached hydrogens (tertiary/aromatic N) is 2. The molecule has 2 amide bonds. The van der Waals surface area contributed by atoms with Crippen molar-refractivity contribution in [2.24, 2.45) is 5.73 Å². The molecule has 0 aromatic heterocycles. The SMILES string of the molecule is COc1ccc(C(=O)N(Cc2cccc(NC(=O)c3ccc([N+](=O)[O-])cc3)c2)C2CCCCC2N)cc1. The van der Waals surface area contributed by atoms with E-state index in [9.17, 15) is 19.7 Å². The maximum absolute atomic E-state index is 13.6. The van der Waals surface area contributed by atoms with Gasteiger partial charge in [0.2, 0.25) is 0 Å². The van der Waals surface area contributed by atoms with Gasteiger partial charge < -0.3 is 20.7 Å². The zero-order valence-corrected chi connectivity index (χ0v) is 20.6. The Balaban J connectivity index is 1.54. The number of carbonyl (C=O) groups excluding carboxylic acids is 2. The molecule has 3 N–H and O–H groups in total. The number of nitrogens with two attached hydrogens (primary N) is 1. The summed E-state index contributed by atoms with van der Waals surface area (Å²) >= 11 is 0. The lowest BCUT2D eigenvalue weighted by Gasteiger charge is -2.38. The Labute approximate surface area is 215 Å². The van der Waals surface area contributed by atoms with E-state index in [2.05, 4.69) is 5.32 Å². The Morgan fingerprint density at radius 3 is 2.35 bits per heavy atom. The van der Waals surface area contributed by atoms with Gasteiger partial charge in [0.1, 0.15) is 5.75 Å². The number of carbonyl (C=O) groups is 2. The molecule has 2 atom stereocenters. The number of hydrogen-bond acceptors (Lipinski definition) is 6. The molecule has 1 aliphatic rings. The number of nitro groups is 1. The van der Waals surface area contributed by atoms with Gasteiger partial charge >= 0.3 is 0 Å². The molecule has 0 spiro atoms. The number of ether oxygens (including phenoxy) is 1. The summed E-state index contributed by atoms with van der Waals surface area (Å²) in [6, 6.07) is 19.6. The maximum Gasteiger partial charge on any atom is 0.269 e. The summed E-state index contributed by atoms with van der Waals surface area (Å²) < 4.78 is 5.22. The third-order valence-corrected chi connectivity index (χ3v) is 6.66. The lowest BCUT2D eigenvalue weighted by molar-refractivity contribution is -0.384. The molecule has 0 radical (unpaired) electrons. The molecule has 0 heterocycles. The molecular weight excluding hydrogens is 472 g/mol. The molecule has 0 saturated heterocycles. The van der Waals surface area contributed by atoms with Crippen LogP contribution < -0.4 is 15.8 Å². The molecule has 3 aromatic rings. The second-order valence-corrected chi connectivity index (χ2v) is 9.14. The summed E-state index contributed by atoms with van der Waals surface area (Å²) in [5, 5.41) is 13.7. The fraction of sp³-hybridized carbons (Fsp3) is 0.286. The van der Waals surface area contributed by atoms with Gasteiger partial charge in [0.25, 0.3) is 17.5 Å². The summed E-state index contributed by atoms with van der Waals surface area (Å²) in [6.07, 6.45) is 3.75. The molecule has 4 rings (SSSR count). The van der Waals surface area contributed by atoms with E-state index in [1.807, 2.05) is 23.1 Å². The van der Waals surface area contributed by atoms with Crippen molar-refractivity contribution in [1.82, 2.24) is 4.90 Å². The number of anilines is 1. The fourth-order valence-corrected chi connectivity index (χ4v) is 4.65. The molecule has 0 bridgehead atoms. The van der Waals surface area contributed by atoms with E-state index >= 15 is 0 Å². The first kappa shape index (κ1) is 25.8. The van der Waals surface area contributed by atoms with Gasteiger partial charge in [0.15, 0.2) is 0 Å². The van der Waals surface area contributed by atoms with Crippen LogP contribution in [0.5, 0.6) is 5.75 Å². The number of nitro benzene ring substituents is 1. The minimum absolute atomic E-state index is 0.0823. The van der Waals surface area contributed by atoms with Crippen LogP contribution >= 0.6 is 0 Å². The monoisotopic (exact) mass is 502 g/mol. The van der Waals surface area contributed by atoms with Crippen molar-refractivity contribution in [3.05, 3.63) is 99.6 Å². The maximum atomic E-state index is 13.6. The van der Waals surface area contributed by atoms with Crippen LogP contribution in [-0.4, -0.2) is 40.8 Å². The number of rotatable bonds is 8. The molecule has 2 unspecified atom stereocenters. The topological polar surface area (TPSA) is 128 Å². The lowest BCUT2D eigenvalue weighted by atomic mass is 9.89. The first-order valence-corrected chi connectivity index (χ1v) is 12.2. The number of hydrogen-bond donors (Lipinski definition) is 2. The van der Waals surface area contributed by atoms with E-state index in [-0.39, 0.29) is 29.6 Å². The van der Waals surface area contributed by atoms with Crippen molar-refractivity contribution in [2.45, 2.75) is 44.3 Å². The summed E-state index contributed by atoms with van der Waals surface area (Å²) in [4.78, 5) is 38.5. The van der Waals surface area contributed by atoms with Crippen LogP contribution in [0.1, 0.15) is 52.0 Å². The van der Waals surface area contributed by atoms with E-state index in [0.29, 0.717) is 29.1 Å². The predicted molar refractivity (Wildman–Crippen MR) is 141 cm³/mol. The van der Waals surface area contributed by atoms with Crippen molar-refractivity contribution < 1.29 is 19.2 Å². The van der Waals surface area contributed by atoms with Gasteiger partial charge in [-0.25, -0.2) is 0 Å². The molecule has 9 heteroatoms. The Morgan fingerprint density at radius 2 is 1.70 bits per heavy atom.